The molecule has 1 aliphatic rings. The molecule has 1 aromatic carbocycles. The molecule has 1 N–H and O–H groups in total. The number of rotatable bonds is 4. The van der Waals surface area contributed by atoms with E-state index in [4.69, 9.17) is 0 Å². The van der Waals surface area contributed by atoms with Crippen LogP contribution in [0.25, 0.3) is 10.8 Å². The molecule has 1 heterocycles. The Kier molecular flexibility index (Phi) is 4.02. The molecule has 2 aromatic rings. The smallest absolute Gasteiger partial charge is 0.0352 e. The molecular weight excluding hydrogens is 244 g/mol. The topological polar surface area (TPSA) is 24.9 Å². The number of pyridine rings is 1. The quantitative estimate of drug-likeness (QED) is 0.893. The van der Waals surface area contributed by atoms with Gasteiger partial charge in [-0.05, 0) is 48.7 Å². The third-order valence-electron chi connectivity index (χ3n) is 4.99. The number of fused-ring (bicyclic) bond motifs is 1. The van der Waals surface area contributed by atoms with Crippen molar-refractivity contribution < 1.29 is 0 Å². The van der Waals surface area contributed by atoms with Crippen molar-refractivity contribution in [2.45, 2.75) is 38.6 Å². The van der Waals surface area contributed by atoms with Crippen LogP contribution >= 0.6 is 0 Å². The van der Waals surface area contributed by atoms with E-state index in [1.165, 1.54) is 42.0 Å². The molecule has 3 rings (SSSR count). The molecule has 0 radical (unpaired) electrons. The van der Waals surface area contributed by atoms with E-state index >= 15 is 0 Å². The van der Waals surface area contributed by atoms with Gasteiger partial charge in [-0.3, -0.25) is 4.98 Å². The fraction of sp³-hybridized carbons (Fsp3) is 0.500. The highest BCUT2D eigenvalue weighted by Gasteiger charge is 2.30. The predicted octanol–water partition coefficient (Wildman–Crippen LogP) is 4.32. The molecule has 2 heteroatoms. The first kappa shape index (κ1) is 13.6. The lowest BCUT2D eigenvalue weighted by atomic mass is 9.88. The van der Waals surface area contributed by atoms with E-state index in [2.05, 4.69) is 48.5 Å². The highest BCUT2D eigenvalue weighted by atomic mass is 14.9. The van der Waals surface area contributed by atoms with Crippen molar-refractivity contribution in [3.05, 3.63) is 42.2 Å². The minimum atomic E-state index is 0.470. The average Bonchev–Trinajstić information content (AvgIpc) is 2.97. The van der Waals surface area contributed by atoms with E-state index in [1.807, 2.05) is 12.4 Å². The van der Waals surface area contributed by atoms with Crippen molar-refractivity contribution in [2.75, 3.05) is 7.05 Å². The molecule has 1 saturated carbocycles. The van der Waals surface area contributed by atoms with Gasteiger partial charge in [0.15, 0.2) is 0 Å². The highest BCUT2D eigenvalue weighted by Crippen LogP contribution is 2.41. The first-order valence-corrected chi connectivity index (χ1v) is 7.83. The zero-order valence-electron chi connectivity index (χ0n) is 12.5. The lowest BCUT2D eigenvalue weighted by Crippen LogP contribution is -2.24. The number of hydrogen-bond donors (Lipinski definition) is 1. The van der Waals surface area contributed by atoms with Gasteiger partial charge in [0.25, 0.3) is 0 Å². The van der Waals surface area contributed by atoms with E-state index in [0.717, 1.165) is 11.8 Å². The Bertz CT molecular complexity index is 573. The third kappa shape index (κ3) is 2.45. The van der Waals surface area contributed by atoms with Crippen LogP contribution in [0.3, 0.4) is 0 Å². The molecule has 3 unspecified atom stereocenters. The van der Waals surface area contributed by atoms with E-state index in [0.29, 0.717) is 6.04 Å². The van der Waals surface area contributed by atoms with E-state index in [9.17, 15) is 0 Å². The molecule has 0 saturated heterocycles. The summed E-state index contributed by atoms with van der Waals surface area (Å²) in [6.07, 6.45) is 9.31. The van der Waals surface area contributed by atoms with Gasteiger partial charge in [-0.15, -0.1) is 0 Å². The van der Waals surface area contributed by atoms with Gasteiger partial charge in [-0.2, -0.15) is 0 Å². The normalized spacial score (nSPS) is 24.1. The molecule has 106 valence electrons. The monoisotopic (exact) mass is 268 g/mol. The van der Waals surface area contributed by atoms with Crippen LogP contribution in [0, 0.1) is 11.8 Å². The fourth-order valence-electron chi connectivity index (χ4n) is 3.85. The minimum Gasteiger partial charge on any atom is -0.313 e. The van der Waals surface area contributed by atoms with Gasteiger partial charge in [-0.1, -0.05) is 38.0 Å². The van der Waals surface area contributed by atoms with Crippen molar-refractivity contribution in [3.63, 3.8) is 0 Å². The molecule has 20 heavy (non-hydrogen) atoms. The largest absolute Gasteiger partial charge is 0.313 e. The maximum absolute atomic E-state index is 4.24. The van der Waals surface area contributed by atoms with Gasteiger partial charge in [0.1, 0.15) is 0 Å². The summed E-state index contributed by atoms with van der Waals surface area (Å²) in [7, 11) is 2.10. The summed E-state index contributed by atoms with van der Waals surface area (Å²) in [6.45, 7) is 2.32. The Morgan fingerprint density at radius 3 is 2.95 bits per heavy atom. The van der Waals surface area contributed by atoms with Crippen LogP contribution in [-0.4, -0.2) is 12.0 Å². The SMILES string of the molecule is CCC1CCC(C(NC)c2cccc3cnccc23)C1. The summed E-state index contributed by atoms with van der Waals surface area (Å²) in [5, 5.41) is 6.17. The Balaban J connectivity index is 1.95. The van der Waals surface area contributed by atoms with E-state index in [1.54, 1.807) is 0 Å². The summed E-state index contributed by atoms with van der Waals surface area (Å²) in [4.78, 5) is 4.24. The van der Waals surface area contributed by atoms with Gasteiger partial charge < -0.3 is 5.32 Å². The number of hydrogen-bond acceptors (Lipinski definition) is 2. The van der Waals surface area contributed by atoms with Crippen molar-refractivity contribution in [1.29, 1.82) is 0 Å². The van der Waals surface area contributed by atoms with Crippen molar-refractivity contribution in [3.8, 4) is 0 Å². The Morgan fingerprint density at radius 2 is 2.20 bits per heavy atom. The highest BCUT2D eigenvalue weighted by molar-refractivity contribution is 5.85. The standard InChI is InChI=1S/C18H24N2/c1-3-13-7-8-14(11-13)18(19-2)17-6-4-5-15-12-20-10-9-16(15)17/h4-6,9-10,12-14,18-19H,3,7-8,11H2,1-2H3. The van der Waals surface area contributed by atoms with Crippen molar-refractivity contribution >= 4 is 10.8 Å². The zero-order chi connectivity index (χ0) is 13.9. The maximum atomic E-state index is 4.24. The Morgan fingerprint density at radius 1 is 1.30 bits per heavy atom. The zero-order valence-corrected chi connectivity index (χ0v) is 12.5. The first-order chi connectivity index (χ1) is 9.83. The number of nitrogens with zero attached hydrogens (tertiary/aromatic N) is 1. The van der Waals surface area contributed by atoms with Gasteiger partial charge in [0.2, 0.25) is 0 Å². The summed E-state index contributed by atoms with van der Waals surface area (Å²) >= 11 is 0. The van der Waals surface area contributed by atoms with Crippen LogP contribution in [0.15, 0.2) is 36.7 Å². The van der Waals surface area contributed by atoms with Crippen molar-refractivity contribution in [2.24, 2.45) is 11.8 Å². The van der Waals surface area contributed by atoms with Crippen LogP contribution in [0.4, 0.5) is 0 Å². The van der Waals surface area contributed by atoms with Crippen molar-refractivity contribution in [1.82, 2.24) is 10.3 Å². The van der Waals surface area contributed by atoms with Gasteiger partial charge in [0, 0.05) is 23.8 Å². The second-order valence-corrected chi connectivity index (χ2v) is 6.06. The number of nitrogens with one attached hydrogen (secondary N) is 1. The fourth-order valence-corrected chi connectivity index (χ4v) is 3.85. The maximum Gasteiger partial charge on any atom is 0.0352 e. The summed E-state index contributed by atoms with van der Waals surface area (Å²) in [5.41, 5.74) is 1.44. The molecule has 0 aliphatic heterocycles. The summed E-state index contributed by atoms with van der Waals surface area (Å²) in [5.74, 6) is 1.69. The van der Waals surface area contributed by atoms with Crippen LogP contribution in [0.5, 0.6) is 0 Å². The first-order valence-electron chi connectivity index (χ1n) is 7.83. The van der Waals surface area contributed by atoms with E-state index in [-0.39, 0.29) is 0 Å². The second-order valence-electron chi connectivity index (χ2n) is 6.06. The van der Waals surface area contributed by atoms with Crippen LogP contribution in [0.2, 0.25) is 0 Å². The number of benzene rings is 1. The van der Waals surface area contributed by atoms with Crippen LogP contribution in [0.1, 0.15) is 44.2 Å². The third-order valence-corrected chi connectivity index (χ3v) is 4.99. The molecular formula is C18H24N2. The molecule has 0 amide bonds. The van der Waals surface area contributed by atoms with E-state index < -0.39 is 0 Å². The molecule has 0 spiro atoms. The summed E-state index contributed by atoms with van der Waals surface area (Å²) < 4.78 is 0. The molecule has 1 aliphatic carbocycles. The lowest BCUT2D eigenvalue weighted by molar-refractivity contribution is 0.374. The molecule has 1 fully saturated rings. The summed E-state index contributed by atoms with van der Waals surface area (Å²) in [6, 6.07) is 9.22. The van der Waals surface area contributed by atoms with Gasteiger partial charge in [0.05, 0.1) is 0 Å². The lowest BCUT2D eigenvalue weighted by Gasteiger charge is -2.25. The van der Waals surface area contributed by atoms with Crippen LogP contribution in [-0.2, 0) is 0 Å². The van der Waals surface area contributed by atoms with Gasteiger partial charge in [-0.25, -0.2) is 0 Å². The number of aromatic nitrogens is 1. The predicted molar refractivity (Wildman–Crippen MR) is 84.7 cm³/mol. The average molecular weight is 268 g/mol. The minimum absolute atomic E-state index is 0.470. The Labute approximate surface area is 121 Å². The molecule has 1 aromatic heterocycles. The van der Waals surface area contributed by atoms with Gasteiger partial charge >= 0.3 is 0 Å². The second kappa shape index (κ2) is 5.92. The van der Waals surface area contributed by atoms with Crippen LogP contribution < -0.4 is 5.32 Å². The molecule has 0 bridgehead atoms. The molecule has 2 nitrogen and oxygen atoms in total. The Hall–Kier alpha value is -1.41. The molecule has 3 atom stereocenters.